The Morgan fingerprint density at radius 1 is 1.59 bits per heavy atom. The highest BCUT2D eigenvalue weighted by Crippen LogP contribution is 2.29. The lowest BCUT2D eigenvalue weighted by molar-refractivity contribution is -0.0553. The number of anilines is 1. The van der Waals surface area contributed by atoms with Crippen molar-refractivity contribution in [2.45, 2.75) is 38.3 Å². The molecule has 0 aromatic carbocycles. The van der Waals surface area contributed by atoms with Gasteiger partial charge < -0.3 is 10.1 Å². The maximum atomic E-state index is 6.06. The Labute approximate surface area is 115 Å². The van der Waals surface area contributed by atoms with Gasteiger partial charge in [-0.2, -0.15) is 0 Å². The summed E-state index contributed by atoms with van der Waals surface area (Å²) in [5.74, 6) is 0. The SMILES string of the molecule is CC1(C)CC(Nc2cc(Br)cnc2Cl)CCO1. The molecular formula is C12H16BrClN2O. The summed E-state index contributed by atoms with van der Waals surface area (Å²) in [7, 11) is 0. The maximum Gasteiger partial charge on any atom is 0.152 e. The normalized spacial score (nSPS) is 23.4. The molecule has 5 heteroatoms. The lowest BCUT2D eigenvalue weighted by atomic mass is 9.94. The fraction of sp³-hybridized carbons (Fsp3) is 0.583. The average Bonchev–Trinajstić information content (AvgIpc) is 2.22. The highest BCUT2D eigenvalue weighted by atomic mass is 79.9. The monoisotopic (exact) mass is 318 g/mol. The standard InChI is InChI=1S/C12H16BrClN2O/c1-12(2)6-9(3-4-17-12)16-10-5-8(13)7-15-11(10)14/h5,7,9,16H,3-4,6H2,1-2H3. The summed E-state index contributed by atoms with van der Waals surface area (Å²) >= 11 is 9.46. The summed E-state index contributed by atoms with van der Waals surface area (Å²) in [4.78, 5) is 4.11. The Hall–Kier alpha value is -0.320. The van der Waals surface area contributed by atoms with Crippen molar-refractivity contribution in [1.29, 1.82) is 0 Å². The predicted octanol–water partition coefficient (Wildman–Crippen LogP) is 3.87. The first kappa shape index (κ1) is 13.1. The minimum atomic E-state index is -0.0676. The van der Waals surface area contributed by atoms with Crippen LogP contribution in [0.15, 0.2) is 16.7 Å². The smallest absolute Gasteiger partial charge is 0.152 e. The molecular weight excluding hydrogens is 304 g/mol. The molecule has 1 fully saturated rings. The molecule has 1 aromatic rings. The van der Waals surface area contributed by atoms with E-state index < -0.39 is 0 Å². The molecule has 2 rings (SSSR count). The Balaban J connectivity index is 2.07. The number of hydrogen-bond acceptors (Lipinski definition) is 3. The van der Waals surface area contributed by atoms with Crippen LogP contribution in [0.3, 0.4) is 0 Å². The van der Waals surface area contributed by atoms with Crippen LogP contribution in [0.2, 0.25) is 5.15 Å². The Bertz CT molecular complexity index is 411. The summed E-state index contributed by atoms with van der Waals surface area (Å²) < 4.78 is 6.62. The van der Waals surface area contributed by atoms with Crippen LogP contribution < -0.4 is 5.32 Å². The van der Waals surface area contributed by atoms with E-state index in [0.717, 1.165) is 29.6 Å². The quantitative estimate of drug-likeness (QED) is 0.840. The molecule has 0 spiro atoms. The van der Waals surface area contributed by atoms with E-state index in [2.05, 4.69) is 40.1 Å². The van der Waals surface area contributed by atoms with E-state index in [1.54, 1.807) is 6.20 Å². The first-order chi connectivity index (χ1) is 7.96. The van der Waals surface area contributed by atoms with E-state index in [4.69, 9.17) is 16.3 Å². The maximum absolute atomic E-state index is 6.06. The van der Waals surface area contributed by atoms with E-state index in [1.807, 2.05) is 6.07 Å². The van der Waals surface area contributed by atoms with Crippen molar-refractivity contribution in [3.05, 3.63) is 21.9 Å². The second-order valence-corrected chi connectivity index (χ2v) is 6.21. The minimum Gasteiger partial charge on any atom is -0.380 e. The third-order valence-electron chi connectivity index (χ3n) is 2.86. The van der Waals surface area contributed by atoms with Crippen LogP contribution >= 0.6 is 27.5 Å². The highest BCUT2D eigenvalue weighted by Gasteiger charge is 2.29. The van der Waals surface area contributed by atoms with Crippen molar-refractivity contribution in [1.82, 2.24) is 4.98 Å². The molecule has 1 aliphatic rings. The zero-order valence-corrected chi connectivity index (χ0v) is 12.3. The molecule has 1 atom stereocenters. The summed E-state index contributed by atoms with van der Waals surface area (Å²) in [5.41, 5.74) is 0.811. The van der Waals surface area contributed by atoms with Crippen LogP contribution in [0.25, 0.3) is 0 Å². The molecule has 0 aliphatic carbocycles. The summed E-state index contributed by atoms with van der Waals surface area (Å²) in [6.07, 6.45) is 3.66. The largest absolute Gasteiger partial charge is 0.380 e. The van der Waals surface area contributed by atoms with Crippen molar-refractivity contribution < 1.29 is 4.74 Å². The van der Waals surface area contributed by atoms with Gasteiger partial charge in [-0.05, 0) is 48.7 Å². The number of aromatic nitrogens is 1. The Morgan fingerprint density at radius 3 is 3.06 bits per heavy atom. The van der Waals surface area contributed by atoms with Gasteiger partial charge in [0.05, 0.1) is 11.3 Å². The fourth-order valence-electron chi connectivity index (χ4n) is 2.10. The molecule has 1 saturated heterocycles. The van der Waals surface area contributed by atoms with E-state index in [9.17, 15) is 0 Å². The molecule has 17 heavy (non-hydrogen) atoms. The van der Waals surface area contributed by atoms with Gasteiger partial charge in [0.2, 0.25) is 0 Å². The van der Waals surface area contributed by atoms with Gasteiger partial charge in [0.1, 0.15) is 0 Å². The predicted molar refractivity (Wildman–Crippen MR) is 73.6 cm³/mol. The van der Waals surface area contributed by atoms with Crippen LogP contribution in [-0.4, -0.2) is 23.2 Å². The summed E-state index contributed by atoms with van der Waals surface area (Å²) in [5, 5.41) is 3.95. The first-order valence-electron chi connectivity index (χ1n) is 5.68. The average molecular weight is 320 g/mol. The van der Waals surface area contributed by atoms with E-state index in [1.165, 1.54) is 0 Å². The third kappa shape index (κ3) is 3.57. The molecule has 94 valence electrons. The number of nitrogens with one attached hydrogen (secondary N) is 1. The zero-order valence-electron chi connectivity index (χ0n) is 9.96. The van der Waals surface area contributed by atoms with Gasteiger partial charge in [0.25, 0.3) is 0 Å². The van der Waals surface area contributed by atoms with Gasteiger partial charge in [-0.15, -0.1) is 0 Å². The number of nitrogens with zero attached hydrogens (tertiary/aromatic N) is 1. The molecule has 2 heterocycles. The van der Waals surface area contributed by atoms with Gasteiger partial charge in [-0.1, -0.05) is 11.6 Å². The van der Waals surface area contributed by atoms with Crippen molar-refractivity contribution in [3.63, 3.8) is 0 Å². The molecule has 1 N–H and O–H groups in total. The van der Waals surface area contributed by atoms with Gasteiger partial charge in [-0.25, -0.2) is 4.98 Å². The van der Waals surface area contributed by atoms with Crippen molar-refractivity contribution in [2.24, 2.45) is 0 Å². The summed E-state index contributed by atoms with van der Waals surface area (Å²) in [6.45, 7) is 5.01. The van der Waals surface area contributed by atoms with Gasteiger partial charge >= 0.3 is 0 Å². The van der Waals surface area contributed by atoms with Crippen LogP contribution in [0, 0.1) is 0 Å². The van der Waals surface area contributed by atoms with Crippen molar-refractivity contribution in [3.8, 4) is 0 Å². The summed E-state index contributed by atoms with van der Waals surface area (Å²) in [6, 6.07) is 2.34. The Kier molecular flexibility index (Phi) is 3.95. The zero-order chi connectivity index (χ0) is 12.5. The fourth-order valence-corrected chi connectivity index (χ4v) is 2.59. The van der Waals surface area contributed by atoms with E-state index in [-0.39, 0.29) is 5.60 Å². The lowest BCUT2D eigenvalue weighted by Crippen LogP contribution is -2.40. The topological polar surface area (TPSA) is 34.2 Å². The van der Waals surface area contributed by atoms with Crippen LogP contribution in [0.5, 0.6) is 0 Å². The van der Waals surface area contributed by atoms with Crippen LogP contribution in [0.4, 0.5) is 5.69 Å². The molecule has 1 unspecified atom stereocenters. The molecule has 0 amide bonds. The van der Waals surface area contributed by atoms with Crippen molar-refractivity contribution >= 4 is 33.2 Å². The van der Waals surface area contributed by atoms with Gasteiger partial charge in [0, 0.05) is 23.3 Å². The molecule has 1 aromatic heterocycles. The van der Waals surface area contributed by atoms with Gasteiger partial charge in [0.15, 0.2) is 5.15 Å². The highest BCUT2D eigenvalue weighted by molar-refractivity contribution is 9.10. The number of halogens is 2. The van der Waals surface area contributed by atoms with Crippen LogP contribution in [-0.2, 0) is 4.74 Å². The molecule has 0 radical (unpaired) electrons. The van der Waals surface area contributed by atoms with E-state index >= 15 is 0 Å². The number of pyridine rings is 1. The second kappa shape index (κ2) is 5.12. The number of hydrogen-bond donors (Lipinski definition) is 1. The van der Waals surface area contributed by atoms with Crippen molar-refractivity contribution in [2.75, 3.05) is 11.9 Å². The molecule has 1 aliphatic heterocycles. The second-order valence-electron chi connectivity index (χ2n) is 4.93. The third-order valence-corrected chi connectivity index (χ3v) is 3.60. The Morgan fingerprint density at radius 2 is 2.35 bits per heavy atom. The molecule has 3 nitrogen and oxygen atoms in total. The minimum absolute atomic E-state index is 0.0676. The van der Waals surface area contributed by atoms with Crippen LogP contribution in [0.1, 0.15) is 26.7 Å². The lowest BCUT2D eigenvalue weighted by Gasteiger charge is -2.36. The van der Waals surface area contributed by atoms with Gasteiger partial charge in [-0.3, -0.25) is 0 Å². The molecule has 0 saturated carbocycles. The molecule has 0 bridgehead atoms. The number of rotatable bonds is 2. The number of ether oxygens (including phenoxy) is 1. The van der Waals surface area contributed by atoms with E-state index in [0.29, 0.717) is 11.2 Å². The first-order valence-corrected chi connectivity index (χ1v) is 6.85.